The molecule has 0 saturated carbocycles. The van der Waals surface area contributed by atoms with Crippen molar-refractivity contribution in [3.05, 3.63) is 54.1 Å². The summed E-state index contributed by atoms with van der Waals surface area (Å²) >= 11 is 3.98. The topological polar surface area (TPSA) is 90.6 Å². The van der Waals surface area contributed by atoms with E-state index in [1.807, 2.05) is 0 Å². The summed E-state index contributed by atoms with van der Waals surface area (Å²) in [5.41, 5.74) is 6.66. The highest BCUT2D eigenvalue weighted by Crippen LogP contribution is 2.23. The Bertz CT molecular complexity index is 702. The highest BCUT2D eigenvalue weighted by molar-refractivity contribution is 7.80. The third-order valence-electron chi connectivity index (χ3n) is 3.17. The summed E-state index contributed by atoms with van der Waals surface area (Å²) in [6.45, 7) is 0. The van der Waals surface area contributed by atoms with E-state index in [4.69, 9.17) is 10.5 Å². The van der Waals surface area contributed by atoms with E-state index < -0.39 is 12.0 Å². The summed E-state index contributed by atoms with van der Waals surface area (Å²) in [5, 5.41) is 2.69. The van der Waals surface area contributed by atoms with Crippen molar-refractivity contribution in [2.45, 2.75) is 6.04 Å². The molecular weight excluding hydrogens is 328 g/mol. The minimum Gasteiger partial charge on any atom is -0.465 e. The molecule has 0 heterocycles. The fourth-order valence-corrected chi connectivity index (χ4v) is 2.00. The minimum absolute atomic E-state index is 0.272. The number of hydrogen-bond donors (Lipinski definition) is 3. The molecule has 1 atom stereocenters. The predicted octanol–water partition coefficient (Wildman–Crippen LogP) is 2.46. The molecule has 126 valence electrons. The molecule has 2 rings (SSSR count). The summed E-state index contributed by atoms with van der Waals surface area (Å²) in [7, 11) is 1.33. The van der Waals surface area contributed by atoms with Gasteiger partial charge in [0, 0.05) is 11.4 Å². The first kappa shape index (κ1) is 17.8. The molecule has 0 radical (unpaired) electrons. The van der Waals surface area contributed by atoms with Gasteiger partial charge in [0.2, 0.25) is 5.91 Å². The zero-order valence-corrected chi connectivity index (χ0v) is 14.0. The Hall–Kier alpha value is -2.51. The van der Waals surface area contributed by atoms with Gasteiger partial charge in [-0.25, -0.2) is 4.79 Å². The van der Waals surface area contributed by atoms with Crippen LogP contribution in [0.25, 0.3) is 0 Å². The number of amides is 1. The quantitative estimate of drug-likeness (QED) is 0.552. The van der Waals surface area contributed by atoms with Crippen LogP contribution in [0, 0.1) is 0 Å². The SMILES string of the molecule is COC(=O)c1ccc(Oc2ccc(NC(=O)[C@@H](N)CS)cc2)cc1. The number of anilines is 1. The maximum atomic E-state index is 11.7. The molecule has 0 aromatic heterocycles. The Morgan fingerprint density at radius 2 is 1.62 bits per heavy atom. The van der Waals surface area contributed by atoms with Gasteiger partial charge in [-0.1, -0.05) is 0 Å². The predicted molar refractivity (Wildman–Crippen MR) is 94.8 cm³/mol. The van der Waals surface area contributed by atoms with Gasteiger partial charge in [-0.05, 0) is 48.5 Å². The summed E-state index contributed by atoms with van der Waals surface area (Å²) in [5.74, 6) is 0.751. The van der Waals surface area contributed by atoms with Crippen molar-refractivity contribution in [1.29, 1.82) is 0 Å². The number of rotatable bonds is 6. The Balaban J connectivity index is 1.98. The lowest BCUT2D eigenvalue weighted by atomic mass is 10.2. The van der Waals surface area contributed by atoms with E-state index in [1.54, 1.807) is 48.5 Å². The van der Waals surface area contributed by atoms with Crippen molar-refractivity contribution < 1.29 is 19.1 Å². The molecule has 0 spiro atoms. The Morgan fingerprint density at radius 3 is 2.12 bits per heavy atom. The van der Waals surface area contributed by atoms with Crippen molar-refractivity contribution >= 4 is 30.2 Å². The average molecular weight is 346 g/mol. The van der Waals surface area contributed by atoms with E-state index in [9.17, 15) is 9.59 Å². The summed E-state index contributed by atoms with van der Waals surface area (Å²) in [6.07, 6.45) is 0. The first-order valence-corrected chi connectivity index (χ1v) is 7.80. The maximum Gasteiger partial charge on any atom is 0.337 e. The lowest BCUT2D eigenvalue weighted by Gasteiger charge is -2.11. The zero-order chi connectivity index (χ0) is 17.5. The number of benzene rings is 2. The molecule has 0 bridgehead atoms. The molecule has 0 aliphatic rings. The van der Waals surface area contributed by atoms with Gasteiger partial charge in [0.1, 0.15) is 11.5 Å². The van der Waals surface area contributed by atoms with Gasteiger partial charge >= 0.3 is 5.97 Å². The van der Waals surface area contributed by atoms with Crippen LogP contribution in [0.5, 0.6) is 11.5 Å². The molecule has 3 N–H and O–H groups in total. The van der Waals surface area contributed by atoms with Crippen molar-refractivity contribution in [1.82, 2.24) is 0 Å². The number of nitrogens with two attached hydrogens (primary N) is 1. The number of methoxy groups -OCH3 is 1. The van der Waals surface area contributed by atoms with Crippen LogP contribution in [0.1, 0.15) is 10.4 Å². The van der Waals surface area contributed by atoms with Gasteiger partial charge in [0.25, 0.3) is 0 Å². The molecule has 7 heteroatoms. The van der Waals surface area contributed by atoms with Gasteiger partial charge in [-0.15, -0.1) is 0 Å². The smallest absolute Gasteiger partial charge is 0.337 e. The third-order valence-corrected chi connectivity index (χ3v) is 3.56. The molecule has 0 unspecified atom stereocenters. The van der Waals surface area contributed by atoms with E-state index in [-0.39, 0.29) is 11.7 Å². The van der Waals surface area contributed by atoms with Crippen LogP contribution in [0.15, 0.2) is 48.5 Å². The van der Waals surface area contributed by atoms with Crippen molar-refractivity contribution in [3.8, 4) is 11.5 Å². The van der Waals surface area contributed by atoms with Crippen LogP contribution in [0.2, 0.25) is 0 Å². The lowest BCUT2D eigenvalue weighted by Crippen LogP contribution is -2.37. The average Bonchev–Trinajstić information content (AvgIpc) is 2.62. The molecule has 0 saturated heterocycles. The number of hydrogen-bond acceptors (Lipinski definition) is 6. The van der Waals surface area contributed by atoms with Crippen molar-refractivity contribution in [3.63, 3.8) is 0 Å². The first-order valence-electron chi connectivity index (χ1n) is 7.17. The van der Waals surface area contributed by atoms with Crippen LogP contribution in [0.3, 0.4) is 0 Å². The highest BCUT2D eigenvalue weighted by atomic mass is 32.1. The van der Waals surface area contributed by atoms with E-state index >= 15 is 0 Å². The number of esters is 1. The summed E-state index contributed by atoms with van der Waals surface area (Å²) in [4.78, 5) is 23.0. The Labute approximate surface area is 145 Å². The van der Waals surface area contributed by atoms with Crippen LogP contribution in [-0.4, -0.2) is 30.8 Å². The van der Waals surface area contributed by atoms with Crippen molar-refractivity contribution in [2.75, 3.05) is 18.2 Å². The number of carbonyl (C=O) groups is 2. The Morgan fingerprint density at radius 1 is 1.08 bits per heavy atom. The molecule has 0 aliphatic carbocycles. The molecule has 0 aliphatic heterocycles. The van der Waals surface area contributed by atoms with Crippen LogP contribution in [0.4, 0.5) is 5.69 Å². The molecular formula is C17H18N2O4S. The third kappa shape index (κ3) is 4.74. The van der Waals surface area contributed by atoms with Crippen LogP contribution >= 0.6 is 12.6 Å². The van der Waals surface area contributed by atoms with E-state index in [0.29, 0.717) is 22.7 Å². The van der Waals surface area contributed by atoms with E-state index in [0.717, 1.165) is 0 Å². The number of nitrogens with one attached hydrogen (secondary N) is 1. The number of ether oxygens (including phenoxy) is 2. The van der Waals surface area contributed by atoms with Gasteiger partial charge in [0.05, 0.1) is 18.7 Å². The minimum atomic E-state index is -0.655. The molecule has 2 aromatic rings. The number of thiol groups is 1. The lowest BCUT2D eigenvalue weighted by molar-refractivity contribution is -0.116. The molecule has 1 amide bonds. The second-order valence-electron chi connectivity index (χ2n) is 4.92. The van der Waals surface area contributed by atoms with Gasteiger partial charge in [-0.3, -0.25) is 4.79 Å². The summed E-state index contributed by atoms with van der Waals surface area (Å²) < 4.78 is 10.3. The van der Waals surface area contributed by atoms with Crippen LogP contribution in [-0.2, 0) is 9.53 Å². The van der Waals surface area contributed by atoms with Gasteiger partial charge in [-0.2, -0.15) is 12.6 Å². The fraction of sp³-hybridized carbons (Fsp3) is 0.176. The Kier molecular flexibility index (Phi) is 6.22. The van der Waals surface area contributed by atoms with Gasteiger partial charge < -0.3 is 20.5 Å². The number of carbonyl (C=O) groups excluding carboxylic acids is 2. The van der Waals surface area contributed by atoms with Crippen LogP contribution < -0.4 is 15.8 Å². The first-order chi connectivity index (χ1) is 11.5. The standard InChI is InChI=1S/C17H18N2O4S/c1-22-17(21)11-2-6-13(7-3-11)23-14-8-4-12(5-9-14)19-16(20)15(18)10-24/h2-9,15,24H,10,18H2,1H3,(H,19,20)/t15-/m0/s1. The molecule has 0 fully saturated rings. The fourth-order valence-electron chi connectivity index (χ4n) is 1.84. The zero-order valence-electron chi connectivity index (χ0n) is 13.1. The molecule has 6 nitrogen and oxygen atoms in total. The normalized spacial score (nSPS) is 11.5. The monoisotopic (exact) mass is 346 g/mol. The summed E-state index contributed by atoms with van der Waals surface area (Å²) in [6, 6.07) is 12.8. The van der Waals surface area contributed by atoms with Gasteiger partial charge in [0.15, 0.2) is 0 Å². The molecule has 2 aromatic carbocycles. The maximum absolute atomic E-state index is 11.7. The largest absolute Gasteiger partial charge is 0.465 e. The second kappa shape index (κ2) is 8.37. The highest BCUT2D eigenvalue weighted by Gasteiger charge is 2.11. The van der Waals surface area contributed by atoms with E-state index in [2.05, 4.69) is 22.7 Å². The van der Waals surface area contributed by atoms with Crippen molar-refractivity contribution in [2.24, 2.45) is 5.73 Å². The van der Waals surface area contributed by atoms with E-state index in [1.165, 1.54) is 7.11 Å². The molecule has 24 heavy (non-hydrogen) atoms. The second-order valence-corrected chi connectivity index (χ2v) is 5.29.